The van der Waals surface area contributed by atoms with Gasteiger partial charge in [-0.3, -0.25) is 0 Å². The minimum Gasteiger partial charge on any atom is 0 e. The van der Waals surface area contributed by atoms with E-state index in [1.807, 2.05) is 0 Å². The summed E-state index contributed by atoms with van der Waals surface area (Å²) in [6.45, 7) is 0. The molecule has 1 nitrogen and oxygen atoms in total. The second kappa shape index (κ2) is 23.9. The van der Waals surface area contributed by atoms with E-state index in [-0.39, 0.29) is 124 Å². The van der Waals surface area contributed by atoms with E-state index in [0.717, 1.165) is 0 Å². The van der Waals surface area contributed by atoms with Crippen molar-refractivity contribution in [3.63, 3.8) is 0 Å². The van der Waals surface area contributed by atoms with Crippen molar-refractivity contribution in [1.29, 1.82) is 0 Å². The fourth-order valence-corrected chi connectivity index (χ4v) is 0. The quantitative estimate of drug-likeness (QED) is 0.451. The first-order valence-corrected chi connectivity index (χ1v) is 0.508. The van der Waals surface area contributed by atoms with E-state index in [9.17, 15) is 0 Å². The van der Waals surface area contributed by atoms with Gasteiger partial charge in [0.1, 0.15) is 0 Å². The van der Waals surface area contributed by atoms with Crippen molar-refractivity contribution in [2.75, 3.05) is 0 Å². The van der Waals surface area contributed by atoms with Crippen LogP contribution in [0.2, 0.25) is 0 Å². The summed E-state index contributed by atoms with van der Waals surface area (Å²) in [5.74, 6) is 0. The van der Waals surface area contributed by atoms with Crippen LogP contribution in [0.25, 0.3) is 0 Å². The third kappa shape index (κ3) is 17.8. The van der Waals surface area contributed by atoms with Gasteiger partial charge in [0.25, 0.3) is 0 Å². The van der Waals surface area contributed by atoms with E-state index in [1.54, 1.807) is 0 Å². The molecule has 0 fully saturated rings. The molecule has 0 aromatic carbocycles. The van der Waals surface area contributed by atoms with Gasteiger partial charge < -0.3 is 2.85 Å². The fraction of sp³-hybridized carbons (Fsp3) is 0. The van der Waals surface area contributed by atoms with E-state index >= 15 is 0 Å². The number of hydrogen-bond acceptors (Lipinski definition) is 1. The van der Waals surface area contributed by atoms with Gasteiger partial charge in [0.2, 0.25) is 0 Å². The Bertz CT molecular complexity index is 17.7. The molecule has 0 heterocycles. The van der Waals surface area contributed by atoms with Gasteiger partial charge >= 0.3 is 68.7 Å². The zero-order chi connectivity index (χ0) is 2.00. The minimum atomic E-state index is 0. The second-order valence-electron chi connectivity index (χ2n) is 0. The summed E-state index contributed by atoms with van der Waals surface area (Å²) in [7, 11) is 0. The van der Waals surface area contributed by atoms with Gasteiger partial charge in [-0.25, -0.2) is 0 Å². The molecule has 0 aliphatic rings. The summed E-state index contributed by atoms with van der Waals surface area (Å²) in [5, 5.41) is 0. The number of hydrogen-bond donors (Lipinski definition) is 0. The topological polar surface area (TPSA) is 17.1 Å². The molecule has 5 heavy (non-hydrogen) atoms. The maximum atomic E-state index is 7.81. The van der Waals surface area contributed by atoms with Crippen molar-refractivity contribution < 1.29 is 95.3 Å². The molecule has 32 valence electrons. The monoisotopic (exact) mass is 466 g/mol. The zero-order valence-corrected chi connectivity index (χ0v) is 12.8. The summed E-state index contributed by atoms with van der Waals surface area (Å²) >= 11 is 2.94. The first kappa shape index (κ1) is 22.8. The summed E-state index contributed by atoms with van der Waals surface area (Å²) in [5.41, 5.74) is 0. The Labute approximate surface area is 140 Å². The van der Waals surface area contributed by atoms with Crippen molar-refractivity contribution in [1.82, 2.24) is 0 Å². The summed E-state index contributed by atoms with van der Waals surface area (Å²) in [6, 6.07) is 0. The third-order valence-electron chi connectivity index (χ3n) is 0. The summed E-state index contributed by atoms with van der Waals surface area (Å²) in [4.78, 5) is 0. The van der Waals surface area contributed by atoms with Crippen molar-refractivity contribution in [2.24, 2.45) is 0 Å². The second-order valence-corrected chi connectivity index (χ2v) is 0. The van der Waals surface area contributed by atoms with Gasteiger partial charge in [0.05, 0.1) is 0 Å². The third-order valence-corrected chi connectivity index (χ3v) is 0. The van der Waals surface area contributed by atoms with Gasteiger partial charge in [-0.15, -0.1) is 0 Å². The Morgan fingerprint density at radius 3 is 1.40 bits per heavy atom. The van der Waals surface area contributed by atoms with Crippen molar-refractivity contribution in [3.05, 3.63) is 0 Å². The van der Waals surface area contributed by atoms with Crippen LogP contribution in [0.15, 0.2) is 0 Å². The van der Waals surface area contributed by atoms with Crippen molar-refractivity contribution in [2.45, 2.75) is 0 Å². The Hall–Kier alpha value is 4.32. The molecule has 0 N–H and O–H groups in total. The van der Waals surface area contributed by atoms with Crippen LogP contribution in [0.4, 0.5) is 0 Å². The molecule has 5 heteroatoms. The van der Waals surface area contributed by atoms with Crippen LogP contribution in [-0.2, 0) is 52.5 Å². The molecule has 0 bridgehead atoms. The van der Waals surface area contributed by atoms with Gasteiger partial charge in [0.15, 0.2) is 0 Å². The van der Waals surface area contributed by atoms with Gasteiger partial charge in [-0.05, 0) is 0 Å². The molecular formula is H2BaCuGdOY. The standard InChI is InChI=1S/Ba.Cu.Gd.O.Y.2H/q+2;;;;;2*-1. The van der Waals surface area contributed by atoms with Gasteiger partial charge in [-0.1, -0.05) is 0 Å². The first-order valence-electron chi connectivity index (χ1n) is 0.123. The number of rotatable bonds is 0. The van der Waals surface area contributed by atoms with E-state index in [4.69, 9.17) is 3.83 Å². The predicted octanol–water partition coefficient (Wildman–Crippen LogP) is -0.280. The molecular weight excluding hydrogens is 463 g/mol. The van der Waals surface area contributed by atoms with Crippen molar-refractivity contribution >= 4 is 48.9 Å². The van der Waals surface area contributed by atoms with Gasteiger partial charge in [-0.2, -0.15) is 0 Å². The zero-order valence-electron chi connectivity index (χ0n) is 4.35. The molecule has 0 saturated carbocycles. The van der Waals surface area contributed by atoms with Crippen molar-refractivity contribution in [3.8, 4) is 0 Å². The minimum absolute atomic E-state index is 0. The summed E-state index contributed by atoms with van der Waals surface area (Å²) < 4.78 is 7.81. The molecule has 0 aromatic heterocycles. The normalized spacial score (nSPS) is 1.20. The van der Waals surface area contributed by atoms with Crippen LogP contribution >= 0.6 is 0 Å². The smallest absolute Gasteiger partial charge is 0 e. The van der Waals surface area contributed by atoms with Crippen LogP contribution in [-0.4, -0.2) is 48.9 Å². The van der Waals surface area contributed by atoms with E-state index in [0.29, 0.717) is 0 Å². The van der Waals surface area contributed by atoms with Gasteiger partial charge in [0, 0.05) is 72.6 Å². The largest absolute Gasteiger partial charge is 0 e. The molecule has 0 amide bonds. The van der Waals surface area contributed by atoms with Crippen LogP contribution in [0.3, 0.4) is 0 Å². The molecule has 0 aromatic rings. The van der Waals surface area contributed by atoms with Crippen LogP contribution in [0.5, 0.6) is 0 Å². The summed E-state index contributed by atoms with van der Waals surface area (Å²) in [6.07, 6.45) is 0. The predicted molar refractivity (Wildman–Crippen MR) is 8.66 cm³/mol. The molecule has 1 radical (unpaired) electrons. The Morgan fingerprint density at radius 2 is 1.40 bits per heavy atom. The SMILES string of the molecule is [Ba+2].[Gd].[H-].[H-].[O]=[Cu].[Y]. The molecule has 0 rings (SSSR count). The molecule has 0 unspecified atom stereocenters. The molecule has 0 aliphatic heterocycles. The fourth-order valence-electron chi connectivity index (χ4n) is 0. The average molecular weight is 465 g/mol. The van der Waals surface area contributed by atoms with E-state index in [2.05, 4.69) is 15.9 Å². The molecule has 0 aliphatic carbocycles. The maximum Gasteiger partial charge on any atom is 0 e. The molecule has 0 saturated heterocycles. The van der Waals surface area contributed by atoms with Crippen LogP contribution < -0.4 is 0 Å². The molecule has 0 spiro atoms. The Kier molecular flexibility index (Phi) is 109. The molecule has 0 atom stereocenters. The Morgan fingerprint density at radius 1 is 1.40 bits per heavy atom. The van der Waals surface area contributed by atoms with Crippen LogP contribution in [0, 0.1) is 39.9 Å². The maximum absolute atomic E-state index is 7.81. The average Bonchev–Trinajstić information content (AvgIpc) is 1.00. The Balaban J connectivity index is -0.000000000500. The van der Waals surface area contributed by atoms with E-state index < -0.39 is 0 Å². The first-order chi connectivity index (χ1) is 1.00. The van der Waals surface area contributed by atoms with Crippen LogP contribution in [0.1, 0.15) is 2.85 Å². The van der Waals surface area contributed by atoms with E-state index in [1.165, 1.54) is 0 Å².